The summed E-state index contributed by atoms with van der Waals surface area (Å²) in [6.07, 6.45) is -0.563. The maximum absolute atomic E-state index is 12.1. The summed E-state index contributed by atoms with van der Waals surface area (Å²) in [4.78, 5) is 20.6. The number of alkyl halides is 2. The van der Waals surface area contributed by atoms with Crippen LogP contribution in [-0.4, -0.2) is 22.6 Å². The Kier molecular flexibility index (Phi) is 4.13. The van der Waals surface area contributed by atoms with Crippen LogP contribution in [0.2, 0.25) is 0 Å². The first-order chi connectivity index (χ1) is 8.32. The maximum atomic E-state index is 12.1. The number of halogens is 2. The van der Waals surface area contributed by atoms with E-state index in [0.717, 1.165) is 12.1 Å². The SMILES string of the molecule is Cc1c(OC(F)F)ccc(CC(=O)O)c1[N+](=O)[O-]. The molecule has 1 aromatic carbocycles. The third kappa shape index (κ3) is 3.12. The summed E-state index contributed by atoms with van der Waals surface area (Å²) in [6.45, 7) is -1.88. The smallest absolute Gasteiger partial charge is 0.387 e. The molecule has 0 aliphatic carbocycles. The minimum absolute atomic E-state index is 0.0633. The lowest BCUT2D eigenvalue weighted by atomic mass is 10.0. The molecular formula is C10H9F2NO5. The standard InChI is InChI=1S/C10H9F2NO5/c1-5-7(18-10(11)12)3-2-6(4-8(14)15)9(5)13(16)17/h2-3,10H,4H2,1H3,(H,14,15). The molecule has 1 N–H and O–H groups in total. The van der Waals surface area contributed by atoms with E-state index in [2.05, 4.69) is 4.74 Å². The first kappa shape index (κ1) is 13.8. The molecule has 0 spiro atoms. The highest BCUT2D eigenvalue weighted by atomic mass is 19.3. The van der Waals surface area contributed by atoms with Crippen molar-refractivity contribution < 1.29 is 28.3 Å². The molecule has 0 aromatic heterocycles. The van der Waals surface area contributed by atoms with Crippen LogP contribution in [0.5, 0.6) is 5.75 Å². The van der Waals surface area contributed by atoms with Gasteiger partial charge in [0.25, 0.3) is 5.69 Å². The molecule has 0 bridgehead atoms. The molecule has 0 atom stereocenters. The molecule has 98 valence electrons. The fourth-order valence-electron chi connectivity index (χ4n) is 1.52. The van der Waals surface area contributed by atoms with Gasteiger partial charge in [-0.3, -0.25) is 14.9 Å². The van der Waals surface area contributed by atoms with E-state index in [4.69, 9.17) is 5.11 Å². The molecule has 0 heterocycles. The number of rotatable bonds is 5. The van der Waals surface area contributed by atoms with Crippen LogP contribution >= 0.6 is 0 Å². The zero-order valence-electron chi connectivity index (χ0n) is 9.22. The second-order valence-electron chi connectivity index (χ2n) is 3.40. The van der Waals surface area contributed by atoms with Gasteiger partial charge in [-0.2, -0.15) is 8.78 Å². The van der Waals surface area contributed by atoms with Crippen molar-refractivity contribution in [2.24, 2.45) is 0 Å². The summed E-state index contributed by atoms with van der Waals surface area (Å²) in [5.74, 6) is -1.59. The van der Waals surface area contributed by atoms with Gasteiger partial charge in [0, 0.05) is 5.56 Å². The average Bonchev–Trinajstić information content (AvgIpc) is 2.20. The number of benzene rings is 1. The summed E-state index contributed by atoms with van der Waals surface area (Å²) in [5, 5.41) is 19.4. The number of carboxylic acid groups (broad SMARTS) is 1. The van der Waals surface area contributed by atoms with Gasteiger partial charge in [-0.1, -0.05) is 0 Å². The maximum Gasteiger partial charge on any atom is 0.387 e. The van der Waals surface area contributed by atoms with Crippen LogP contribution in [0.4, 0.5) is 14.5 Å². The van der Waals surface area contributed by atoms with Crippen LogP contribution < -0.4 is 4.74 Å². The lowest BCUT2D eigenvalue weighted by Gasteiger charge is -2.10. The third-order valence-corrected chi connectivity index (χ3v) is 2.21. The van der Waals surface area contributed by atoms with Gasteiger partial charge < -0.3 is 9.84 Å². The van der Waals surface area contributed by atoms with Gasteiger partial charge in [-0.05, 0) is 19.1 Å². The van der Waals surface area contributed by atoms with Gasteiger partial charge in [0.1, 0.15) is 5.75 Å². The zero-order valence-corrected chi connectivity index (χ0v) is 9.22. The van der Waals surface area contributed by atoms with E-state index in [1.807, 2.05) is 0 Å². The van der Waals surface area contributed by atoms with Gasteiger partial charge >= 0.3 is 12.6 Å². The fourth-order valence-corrected chi connectivity index (χ4v) is 1.52. The lowest BCUT2D eigenvalue weighted by molar-refractivity contribution is -0.386. The lowest BCUT2D eigenvalue weighted by Crippen LogP contribution is -2.08. The molecule has 18 heavy (non-hydrogen) atoms. The number of nitro benzene ring substituents is 1. The molecule has 0 aliphatic heterocycles. The van der Waals surface area contributed by atoms with Gasteiger partial charge in [-0.25, -0.2) is 0 Å². The molecule has 1 aromatic rings. The van der Waals surface area contributed by atoms with Crippen molar-refractivity contribution in [3.8, 4) is 5.75 Å². The summed E-state index contributed by atoms with van der Waals surface area (Å²) in [7, 11) is 0. The minimum atomic E-state index is -3.10. The van der Waals surface area contributed by atoms with Gasteiger partial charge in [0.2, 0.25) is 0 Å². The number of nitro groups is 1. The van der Waals surface area contributed by atoms with E-state index in [0.29, 0.717) is 0 Å². The molecule has 0 saturated heterocycles. The highest BCUT2D eigenvalue weighted by Gasteiger charge is 2.23. The molecule has 1 rings (SSSR count). The number of aliphatic carboxylic acids is 1. The van der Waals surface area contributed by atoms with E-state index in [1.165, 1.54) is 6.92 Å². The van der Waals surface area contributed by atoms with Crippen LogP contribution in [-0.2, 0) is 11.2 Å². The number of ether oxygens (including phenoxy) is 1. The predicted molar refractivity (Wildman–Crippen MR) is 55.8 cm³/mol. The Morgan fingerprint density at radius 2 is 2.17 bits per heavy atom. The average molecular weight is 261 g/mol. The molecule has 0 radical (unpaired) electrons. The van der Waals surface area contributed by atoms with Crippen molar-refractivity contribution in [2.75, 3.05) is 0 Å². The Morgan fingerprint density at radius 3 is 2.61 bits per heavy atom. The van der Waals surface area contributed by atoms with Crippen molar-refractivity contribution in [3.63, 3.8) is 0 Å². The molecule has 8 heteroatoms. The number of carbonyl (C=O) groups is 1. The van der Waals surface area contributed by atoms with Gasteiger partial charge in [0.05, 0.1) is 16.9 Å². The molecule has 6 nitrogen and oxygen atoms in total. The normalized spacial score (nSPS) is 10.4. The molecule has 0 amide bonds. The Balaban J connectivity index is 3.28. The molecule has 0 aliphatic rings. The topological polar surface area (TPSA) is 89.7 Å². The van der Waals surface area contributed by atoms with Gasteiger partial charge in [-0.15, -0.1) is 0 Å². The number of hydrogen-bond donors (Lipinski definition) is 1. The highest BCUT2D eigenvalue weighted by molar-refractivity contribution is 5.73. The second kappa shape index (κ2) is 5.39. The monoisotopic (exact) mass is 261 g/mol. The molecule has 0 fully saturated rings. The number of carboxylic acids is 1. The quantitative estimate of drug-likeness (QED) is 0.647. The second-order valence-corrected chi connectivity index (χ2v) is 3.40. The largest absolute Gasteiger partial charge is 0.481 e. The van der Waals surface area contributed by atoms with Crippen molar-refractivity contribution in [1.82, 2.24) is 0 Å². The summed E-state index contributed by atoms with van der Waals surface area (Å²) < 4.78 is 28.2. The first-order valence-electron chi connectivity index (χ1n) is 4.76. The van der Waals surface area contributed by atoms with E-state index in [1.54, 1.807) is 0 Å². The van der Waals surface area contributed by atoms with Crippen LogP contribution in [0.3, 0.4) is 0 Å². The Bertz CT molecular complexity index is 489. The minimum Gasteiger partial charge on any atom is -0.481 e. The summed E-state index contributed by atoms with van der Waals surface area (Å²) >= 11 is 0. The van der Waals surface area contributed by atoms with Crippen LogP contribution in [0, 0.1) is 17.0 Å². The predicted octanol–water partition coefficient (Wildman–Crippen LogP) is 2.13. The Morgan fingerprint density at radius 1 is 1.56 bits per heavy atom. The molecule has 0 saturated carbocycles. The molecular weight excluding hydrogens is 252 g/mol. The van der Waals surface area contributed by atoms with Crippen LogP contribution in [0.15, 0.2) is 12.1 Å². The van der Waals surface area contributed by atoms with Crippen molar-refractivity contribution in [1.29, 1.82) is 0 Å². The van der Waals surface area contributed by atoms with Crippen molar-refractivity contribution in [3.05, 3.63) is 33.4 Å². The van der Waals surface area contributed by atoms with Crippen LogP contribution in [0.25, 0.3) is 0 Å². The number of nitrogens with zero attached hydrogens (tertiary/aromatic N) is 1. The van der Waals surface area contributed by atoms with E-state index >= 15 is 0 Å². The van der Waals surface area contributed by atoms with Crippen molar-refractivity contribution >= 4 is 11.7 Å². The number of hydrogen-bond acceptors (Lipinski definition) is 4. The fraction of sp³-hybridized carbons (Fsp3) is 0.300. The summed E-state index contributed by atoms with van der Waals surface area (Å²) in [5.41, 5.74) is -0.707. The summed E-state index contributed by atoms with van der Waals surface area (Å²) in [6, 6.07) is 2.18. The zero-order chi connectivity index (χ0) is 13.9. The highest BCUT2D eigenvalue weighted by Crippen LogP contribution is 2.32. The molecule has 0 unspecified atom stereocenters. The van der Waals surface area contributed by atoms with Crippen molar-refractivity contribution in [2.45, 2.75) is 20.0 Å². The third-order valence-electron chi connectivity index (χ3n) is 2.21. The Hall–Kier alpha value is -2.25. The first-order valence-corrected chi connectivity index (χ1v) is 4.76. The van der Waals surface area contributed by atoms with Gasteiger partial charge in [0.15, 0.2) is 0 Å². The van der Waals surface area contributed by atoms with E-state index in [-0.39, 0.29) is 16.9 Å². The van der Waals surface area contributed by atoms with E-state index < -0.39 is 29.6 Å². The van der Waals surface area contributed by atoms with E-state index in [9.17, 15) is 23.7 Å². The Labute approximate surface area is 99.9 Å². The van der Waals surface area contributed by atoms with Crippen LogP contribution in [0.1, 0.15) is 11.1 Å².